The van der Waals surface area contributed by atoms with Crippen LogP contribution in [0.5, 0.6) is 0 Å². The second-order valence-electron chi connectivity index (χ2n) is 5.79. The molecule has 2 aliphatic heterocycles. The summed E-state index contributed by atoms with van der Waals surface area (Å²) in [5.41, 5.74) is 0.0946. The highest BCUT2D eigenvalue weighted by molar-refractivity contribution is 7.90. The molecule has 2 fully saturated rings. The molecular weight excluding hydrogens is 262 g/mol. The number of nitriles is 1. The first-order valence-electron chi connectivity index (χ1n) is 7.13. The topological polar surface area (TPSA) is 73.2 Å². The van der Waals surface area contributed by atoms with Crippen molar-refractivity contribution < 1.29 is 8.42 Å². The van der Waals surface area contributed by atoms with Crippen molar-refractivity contribution in [3.63, 3.8) is 0 Å². The molecule has 1 spiro atoms. The van der Waals surface area contributed by atoms with Gasteiger partial charge in [-0.1, -0.05) is 6.92 Å². The van der Waals surface area contributed by atoms with Crippen LogP contribution >= 0.6 is 0 Å². The van der Waals surface area contributed by atoms with E-state index in [1.165, 1.54) is 0 Å². The largest absolute Gasteiger partial charge is 0.316 e. The molecule has 0 bridgehead atoms. The first-order valence-corrected chi connectivity index (χ1v) is 8.64. The Balaban J connectivity index is 2.15. The third-order valence-corrected chi connectivity index (χ3v) is 6.61. The van der Waals surface area contributed by atoms with Crippen molar-refractivity contribution in [3.8, 4) is 6.07 Å². The summed E-state index contributed by atoms with van der Waals surface area (Å²) >= 11 is 0. The number of sulfonamides is 1. The van der Waals surface area contributed by atoms with Crippen LogP contribution in [0.25, 0.3) is 0 Å². The summed E-state index contributed by atoms with van der Waals surface area (Å²) in [4.78, 5) is 0. The molecule has 0 aromatic carbocycles. The van der Waals surface area contributed by atoms with Gasteiger partial charge in [0.1, 0.15) is 0 Å². The zero-order chi connectivity index (χ0) is 13.9. The van der Waals surface area contributed by atoms with Crippen LogP contribution in [-0.4, -0.2) is 44.2 Å². The van der Waals surface area contributed by atoms with E-state index in [4.69, 9.17) is 5.26 Å². The van der Waals surface area contributed by atoms with Gasteiger partial charge in [0, 0.05) is 19.6 Å². The Labute approximate surface area is 116 Å². The maximum atomic E-state index is 12.5. The molecule has 2 rings (SSSR count). The summed E-state index contributed by atoms with van der Waals surface area (Å²) in [6.45, 7) is 4.85. The minimum atomic E-state index is -3.46. The van der Waals surface area contributed by atoms with Gasteiger partial charge in [0.15, 0.2) is 5.25 Å². The fourth-order valence-electron chi connectivity index (χ4n) is 3.31. The highest BCUT2D eigenvalue weighted by atomic mass is 32.2. The molecule has 0 aromatic rings. The molecule has 2 aliphatic rings. The van der Waals surface area contributed by atoms with E-state index in [9.17, 15) is 8.42 Å². The lowest BCUT2D eigenvalue weighted by Gasteiger charge is -2.45. The number of hydrogen-bond donors (Lipinski definition) is 1. The van der Waals surface area contributed by atoms with Crippen LogP contribution in [-0.2, 0) is 10.0 Å². The first-order chi connectivity index (χ1) is 9.04. The molecule has 1 N–H and O–H groups in total. The van der Waals surface area contributed by atoms with Gasteiger partial charge in [-0.2, -0.15) is 5.26 Å². The molecule has 19 heavy (non-hydrogen) atoms. The maximum absolute atomic E-state index is 12.5. The van der Waals surface area contributed by atoms with Crippen molar-refractivity contribution in [2.24, 2.45) is 5.41 Å². The summed E-state index contributed by atoms with van der Waals surface area (Å²) in [7, 11) is -3.46. The minimum Gasteiger partial charge on any atom is -0.316 e. The quantitative estimate of drug-likeness (QED) is 0.842. The molecule has 6 heteroatoms. The number of hydrogen-bond acceptors (Lipinski definition) is 4. The summed E-state index contributed by atoms with van der Waals surface area (Å²) in [6.07, 6.45) is 4.57. The van der Waals surface area contributed by atoms with E-state index in [2.05, 4.69) is 5.32 Å². The molecule has 0 aromatic heterocycles. The Morgan fingerprint density at radius 3 is 2.74 bits per heavy atom. The van der Waals surface area contributed by atoms with Gasteiger partial charge in [-0.3, -0.25) is 0 Å². The molecule has 0 saturated carbocycles. The van der Waals surface area contributed by atoms with Gasteiger partial charge in [-0.25, -0.2) is 12.7 Å². The van der Waals surface area contributed by atoms with E-state index in [-0.39, 0.29) is 5.41 Å². The van der Waals surface area contributed by atoms with Crippen molar-refractivity contribution in [1.82, 2.24) is 9.62 Å². The Kier molecular flexibility index (Phi) is 4.49. The normalized spacial score (nSPS) is 30.9. The predicted octanol–water partition coefficient (Wildman–Crippen LogP) is 1.08. The fourth-order valence-corrected chi connectivity index (χ4v) is 5.06. The van der Waals surface area contributed by atoms with E-state index in [0.717, 1.165) is 38.8 Å². The van der Waals surface area contributed by atoms with Crippen molar-refractivity contribution in [2.45, 2.75) is 44.3 Å². The lowest BCUT2D eigenvalue weighted by Crippen LogP contribution is -2.53. The van der Waals surface area contributed by atoms with Crippen LogP contribution in [0, 0.1) is 16.7 Å². The van der Waals surface area contributed by atoms with Crippen LogP contribution in [0.3, 0.4) is 0 Å². The zero-order valence-electron chi connectivity index (χ0n) is 11.6. The van der Waals surface area contributed by atoms with Crippen molar-refractivity contribution in [2.75, 3.05) is 26.2 Å². The molecule has 2 heterocycles. The van der Waals surface area contributed by atoms with Crippen LogP contribution in [0.4, 0.5) is 0 Å². The number of piperidine rings is 2. The van der Waals surface area contributed by atoms with E-state index in [1.54, 1.807) is 11.2 Å². The smallest absolute Gasteiger partial charge is 0.230 e. The summed E-state index contributed by atoms with van der Waals surface area (Å²) in [6, 6.07) is 1.94. The summed E-state index contributed by atoms with van der Waals surface area (Å²) < 4.78 is 26.5. The molecule has 5 nitrogen and oxygen atoms in total. The average molecular weight is 285 g/mol. The van der Waals surface area contributed by atoms with Gasteiger partial charge in [0.05, 0.1) is 6.07 Å². The molecule has 2 unspecified atom stereocenters. The van der Waals surface area contributed by atoms with E-state index in [1.807, 2.05) is 6.07 Å². The van der Waals surface area contributed by atoms with Crippen molar-refractivity contribution in [1.29, 1.82) is 5.26 Å². The van der Waals surface area contributed by atoms with Crippen LogP contribution in [0.2, 0.25) is 0 Å². The van der Waals surface area contributed by atoms with Crippen molar-refractivity contribution >= 4 is 10.0 Å². The standard InChI is InChI=1S/C13H23N3O2S/c1-2-12(9-14)19(17,18)16-8-4-6-13(11-16)5-3-7-15-10-13/h12,15H,2-8,10-11H2,1H3. The monoisotopic (exact) mass is 285 g/mol. The van der Waals surface area contributed by atoms with Gasteiger partial charge < -0.3 is 5.32 Å². The summed E-state index contributed by atoms with van der Waals surface area (Å²) in [5.74, 6) is 0. The number of rotatable bonds is 3. The Bertz CT molecular complexity index is 443. The van der Waals surface area contributed by atoms with E-state index >= 15 is 0 Å². The molecule has 0 amide bonds. The van der Waals surface area contributed by atoms with Gasteiger partial charge in [-0.05, 0) is 44.1 Å². The van der Waals surface area contributed by atoms with Crippen LogP contribution in [0.1, 0.15) is 39.0 Å². The van der Waals surface area contributed by atoms with Crippen LogP contribution < -0.4 is 5.32 Å². The second-order valence-corrected chi connectivity index (χ2v) is 7.90. The summed E-state index contributed by atoms with van der Waals surface area (Å²) in [5, 5.41) is 11.5. The van der Waals surface area contributed by atoms with E-state index < -0.39 is 15.3 Å². The first kappa shape index (κ1) is 14.8. The number of nitrogens with one attached hydrogen (secondary N) is 1. The molecule has 108 valence electrons. The highest BCUT2D eigenvalue weighted by Gasteiger charge is 2.42. The molecule has 0 aliphatic carbocycles. The lowest BCUT2D eigenvalue weighted by molar-refractivity contribution is 0.110. The maximum Gasteiger partial charge on any atom is 0.230 e. The SMILES string of the molecule is CCC(C#N)S(=O)(=O)N1CCCC2(CCCNC2)C1. The average Bonchev–Trinajstić information content (AvgIpc) is 2.41. The van der Waals surface area contributed by atoms with Crippen LogP contribution in [0.15, 0.2) is 0 Å². The minimum absolute atomic E-state index is 0.0946. The van der Waals surface area contributed by atoms with E-state index in [0.29, 0.717) is 19.5 Å². The highest BCUT2D eigenvalue weighted by Crippen LogP contribution is 2.37. The third kappa shape index (κ3) is 2.93. The van der Waals surface area contributed by atoms with Gasteiger partial charge in [0.25, 0.3) is 0 Å². The fraction of sp³-hybridized carbons (Fsp3) is 0.923. The molecule has 0 radical (unpaired) electrons. The Morgan fingerprint density at radius 1 is 1.42 bits per heavy atom. The zero-order valence-corrected chi connectivity index (χ0v) is 12.4. The number of nitrogens with zero attached hydrogens (tertiary/aromatic N) is 2. The molecule has 2 saturated heterocycles. The van der Waals surface area contributed by atoms with Gasteiger partial charge in [0.2, 0.25) is 10.0 Å². The molecular formula is C13H23N3O2S. The second kappa shape index (κ2) is 5.78. The Hall–Kier alpha value is -0.640. The molecule has 2 atom stereocenters. The van der Waals surface area contributed by atoms with Gasteiger partial charge >= 0.3 is 0 Å². The van der Waals surface area contributed by atoms with Gasteiger partial charge in [-0.15, -0.1) is 0 Å². The van der Waals surface area contributed by atoms with Crippen molar-refractivity contribution in [3.05, 3.63) is 0 Å². The Morgan fingerprint density at radius 2 is 2.16 bits per heavy atom. The predicted molar refractivity (Wildman–Crippen MR) is 74.0 cm³/mol. The lowest BCUT2D eigenvalue weighted by atomic mass is 9.75. The third-order valence-electron chi connectivity index (χ3n) is 4.42.